The van der Waals surface area contributed by atoms with Crippen LogP contribution in [0.1, 0.15) is 47.0 Å². The Morgan fingerprint density at radius 1 is 1.44 bits per heavy atom. The number of carbonyl (C=O) groups is 1. The maximum Gasteiger partial charge on any atom is 0.310 e. The van der Waals surface area contributed by atoms with Gasteiger partial charge in [0, 0.05) is 12.6 Å². The lowest BCUT2D eigenvalue weighted by Gasteiger charge is -2.30. The molecule has 0 amide bonds. The van der Waals surface area contributed by atoms with Crippen LogP contribution in [-0.2, 0) is 4.79 Å². The number of aliphatic carboxylic acids is 1. The summed E-state index contributed by atoms with van der Waals surface area (Å²) in [4.78, 5) is 13.8. The molecule has 0 aromatic rings. The van der Waals surface area contributed by atoms with Crippen LogP contribution in [0.2, 0.25) is 0 Å². The largest absolute Gasteiger partial charge is 0.481 e. The van der Waals surface area contributed by atoms with Gasteiger partial charge in [0.25, 0.3) is 0 Å². The van der Waals surface area contributed by atoms with Crippen molar-refractivity contribution in [1.29, 1.82) is 0 Å². The van der Waals surface area contributed by atoms with E-state index >= 15 is 0 Å². The van der Waals surface area contributed by atoms with Crippen LogP contribution < -0.4 is 0 Å². The van der Waals surface area contributed by atoms with Gasteiger partial charge in [-0.3, -0.25) is 9.69 Å². The highest BCUT2D eigenvalue weighted by Crippen LogP contribution is 2.37. The highest BCUT2D eigenvalue weighted by Gasteiger charge is 2.45. The monoisotopic (exact) mass is 227 g/mol. The maximum atomic E-state index is 11.4. The molecule has 0 aromatic carbocycles. The molecule has 3 nitrogen and oxygen atoms in total. The first kappa shape index (κ1) is 13.5. The second-order valence-electron chi connectivity index (χ2n) is 5.54. The average molecular weight is 227 g/mol. The molecule has 1 heterocycles. The molecule has 0 aromatic heterocycles. The second-order valence-corrected chi connectivity index (χ2v) is 5.54. The summed E-state index contributed by atoms with van der Waals surface area (Å²) < 4.78 is 0. The lowest BCUT2D eigenvalue weighted by molar-refractivity contribution is -0.148. The van der Waals surface area contributed by atoms with E-state index in [1.165, 1.54) is 0 Å². The van der Waals surface area contributed by atoms with Gasteiger partial charge in [-0.15, -0.1) is 0 Å². The molecule has 3 heteroatoms. The van der Waals surface area contributed by atoms with Crippen molar-refractivity contribution in [2.24, 2.45) is 11.3 Å². The lowest BCUT2D eigenvalue weighted by Crippen LogP contribution is -2.39. The van der Waals surface area contributed by atoms with E-state index in [-0.39, 0.29) is 0 Å². The number of likely N-dealkylation sites (tertiary alicyclic amines) is 1. The molecule has 94 valence electrons. The molecule has 1 aliphatic rings. The fraction of sp³-hybridized carbons (Fsp3) is 0.923. The Bertz CT molecular complexity index is 252. The minimum Gasteiger partial charge on any atom is -0.481 e. The first-order chi connectivity index (χ1) is 7.43. The summed E-state index contributed by atoms with van der Waals surface area (Å²) in [7, 11) is 0. The molecule has 0 bridgehead atoms. The van der Waals surface area contributed by atoms with E-state index in [2.05, 4.69) is 32.6 Å². The zero-order chi connectivity index (χ0) is 12.3. The molecule has 2 unspecified atom stereocenters. The highest BCUT2D eigenvalue weighted by molar-refractivity contribution is 5.75. The fourth-order valence-corrected chi connectivity index (χ4v) is 2.64. The summed E-state index contributed by atoms with van der Waals surface area (Å²) in [6.45, 7) is 10.3. The van der Waals surface area contributed by atoms with Crippen LogP contribution in [0.3, 0.4) is 0 Å². The number of hydrogen-bond donors (Lipinski definition) is 1. The van der Waals surface area contributed by atoms with Crippen molar-refractivity contribution in [2.75, 3.05) is 13.1 Å². The van der Waals surface area contributed by atoms with Gasteiger partial charge < -0.3 is 5.11 Å². The smallest absolute Gasteiger partial charge is 0.310 e. The van der Waals surface area contributed by atoms with Gasteiger partial charge in [-0.1, -0.05) is 27.2 Å². The predicted octanol–water partition coefficient (Wildman–Crippen LogP) is 2.61. The molecule has 0 radical (unpaired) electrons. The predicted molar refractivity (Wildman–Crippen MR) is 65.5 cm³/mol. The molecule has 1 rings (SSSR count). The zero-order valence-corrected chi connectivity index (χ0v) is 11.0. The minimum absolute atomic E-state index is 0.474. The normalized spacial score (nSPS) is 28.6. The Hall–Kier alpha value is -0.570. The molecule has 0 saturated carbocycles. The first-order valence-corrected chi connectivity index (χ1v) is 6.40. The SMILES string of the molecule is CCCC1(C(=O)O)CCN(C(C)C(C)C)C1. The van der Waals surface area contributed by atoms with E-state index in [4.69, 9.17) is 0 Å². The Morgan fingerprint density at radius 2 is 2.06 bits per heavy atom. The molecule has 1 saturated heterocycles. The van der Waals surface area contributed by atoms with Crippen molar-refractivity contribution in [1.82, 2.24) is 4.90 Å². The number of rotatable bonds is 5. The van der Waals surface area contributed by atoms with Crippen LogP contribution in [0.4, 0.5) is 0 Å². The van der Waals surface area contributed by atoms with Gasteiger partial charge in [0.1, 0.15) is 0 Å². The van der Waals surface area contributed by atoms with Crippen LogP contribution in [0.5, 0.6) is 0 Å². The van der Waals surface area contributed by atoms with Crippen molar-refractivity contribution >= 4 is 5.97 Å². The molecular weight excluding hydrogens is 202 g/mol. The topological polar surface area (TPSA) is 40.5 Å². The number of nitrogens with zero attached hydrogens (tertiary/aromatic N) is 1. The molecule has 0 aliphatic carbocycles. The summed E-state index contributed by atoms with van der Waals surface area (Å²) >= 11 is 0. The van der Waals surface area contributed by atoms with E-state index in [9.17, 15) is 9.90 Å². The third-order valence-electron chi connectivity index (χ3n) is 4.11. The van der Waals surface area contributed by atoms with Gasteiger partial charge >= 0.3 is 5.97 Å². The molecule has 16 heavy (non-hydrogen) atoms. The summed E-state index contributed by atoms with van der Waals surface area (Å²) in [5.74, 6) is -0.0148. The Balaban J connectivity index is 2.70. The lowest BCUT2D eigenvalue weighted by atomic mass is 9.82. The van der Waals surface area contributed by atoms with Gasteiger partial charge in [-0.05, 0) is 32.2 Å². The van der Waals surface area contributed by atoms with E-state index in [1.807, 2.05) is 0 Å². The summed E-state index contributed by atoms with van der Waals surface area (Å²) in [5, 5.41) is 9.41. The summed E-state index contributed by atoms with van der Waals surface area (Å²) in [6, 6.07) is 0.484. The van der Waals surface area contributed by atoms with Crippen molar-refractivity contribution in [2.45, 2.75) is 53.0 Å². The van der Waals surface area contributed by atoms with Gasteiger partial charge in [-0.25, -0.2) is 0 Å². The van der Waals surface area contributed by atoms with Crippen LogP contribution in [-0.4, -0.2) is 35.1 Å². The Kier molecular flexibility index (Phi) is 4.36. The number of hydrogen-bond acceptors (Lipinski definition) is 2. The minimum atomic E-state index is -0.604. The fourth-order valence-electron chi connectivity index (χ4n) is 2.64. The van der Waals surface area contributed by atoms with Crippen LogP contribution in [0.15, 0.2) is 0 Å². The standard InChI is InChI=1S/C13H25NO2/c1-5-6-13(12(15)16)7-8-14(9-13)11(4)10(2)3/h10-11H,5-9H2,1-4H3,(H,15,16). The average Bonchev–Trinajstić information content (AvgIpc) is 2.62. The molecule has 0 spiro atoms. The van der Waals surface area contributed by atoms with Crippen molar-refractivity contribution < 1.29 is 9.90 Å². The summed E-state index contributed by atoms with van der Waals surface area (Å²) in [5.41, 5.74) is -0.474. The van der Waals surface area contributed by atoms with Gasteiger partial charge in [0.2, 0.25) is 0 Å². The summed E-state index contributed by atoms with van der Waals surface area (Å²) in [6.07, 6.45) is 2.58. The van der Waals surface area contributed by atoms with Crippen LogP contribution in [0, 0.1) is 11.3 Å². The second kappa shape index (κ2) is 5.17. The third kappa shape index (κ3) is 2.57. The molecule has 2 atom stereocenters. The van der Waals surface area contributed by atoms with Gasteiger partial charge in [-0.2, -0.15) is 0 Å². The van der Waals surface area contributed by atoms with E-state index in [1.54, 1.807) is 0 Å². The molecule has 1 aliphatic heterocycles. The highest BCUT2D eigenvalue weighted by atomic mass is 16.4. The molecule has 1 N–H and O–H groups in total. The van der Waals surface area contributed by atoms with Crippen LogP contribution >= 0.6 is 0 Å². The number of carboxylic acid groups (broad SMARTS) is 1. The van der Waals surface area contributed by atoms with Crippen molar-refractivity contribution in [3.05, 3.63) is 0 Å². The van der Waals surface area contributed by atoms with E-state index < -0.39 is 11.4 Å². The Morgan fingerprint density at radius 3 is 2.50 bits per heavy atom. The van der Waals surface area contributed by atoms with Gasteiger partial charge in [0.15, 0.2) is 0 Å². The van der Waals surface area contributed by atoms with Gasteiger partial charge in [0.05, 0.1) is 5.41 Å². The third-order valence-corrected chi connectivity index (χ3v) is 4.11. The van der Waals surface area contributed by atoms with E-state index in [0.717, 1.165) is 32.4 Å². The first-order valence-electron chi connectivity index (χ1n) is 6.40. The molecular formula is C13H25NO2. The zero-order valence-electron chi connectivity index (χ0n) is 11.0. The maximum absolute atomic E-state index is 11.4. The Labute approximate surface area is 98.8 Å². The van der Waals surface area contributed by atoms with Crippen molar-refractivity contribution in [3.8, 4) is 0 Å². The quantitative estimate of drug-likeness (QED) is 0.785. The molecule has 1 fully saturated rings. The van der Waals surface area contributed by atoms with Crippen LogP contribution in [0.25, 0.3) is 0 Å². The van der Waals surface area contributed by atoms with E-state index in [0.29, 0.717) is 12.0 Å². The van der Waals surface area contributed by atoms with Crippen molar-refractivity contribution in [3.63, 3.8) is 0 Å². The number of carboxylic acids is 1.